The van der Waals surface area contributed by atoms with E-state index in [2.05, 4.69) is 10.3 Å². The third kappa shape index (κ3) is 5.03. The molecule has 3 aromatic carbocycles. The Bertz CT molecular complexity index is 1220. The Morgan fingerprint density at radius 2 is 1.59 bits per heavy atom. The Kier molecular flexibility index (Phi) is 6.61. The first-order chi connectivity index (χ1) is 15.5. The molecule has 0 spiro atoms. The van der Waals surface area contributed by atoms with Crippen molar-refractivity contribution in [3.63, 3.8) is 0 Å². The Balaban J connectivity index is 1.44. The number of rotatable bonds is 7. The summed E-state index contributed by atoms with van der Waals surface area (Å²) in [6.45, 7) is 3.78. The van der Waals surface area contributed by atoms with E-state index >= 15 is 0 Å². The number of hydrogen-bond donors (Lipinski definition) is 1. The highest BCUT2D eigenvalue weighted by atomic mass is 32.2. The molecule has 0 aliphatic carbocycles. The largest absolute Gasteiger partial charge is 0.441 e. The third-order valence-electron chi connectivity index (χ3n) is 5.21. The van der Waals surface area contributed by atoms with Crippen molar-refractivity contribution in [3.05, 3.63) is 108 Å². The van der Waals surface area contributed by atoms with Gasteiger partial charge in [-0.1, -0.05) is 48.5 Å². The quantitative estimate of drug-likeness (QED) is 0.411. The normalized spacial score (nSPS) is 12.8. The minimum Gasteiger partial charge on any atom is -0.441 e. The Morgan fingerprint density at radius 1 is 0.969 bits per heavy atom. The average molecular weight is 445 g/mol. The molecule has 4 aromatic rings. The zero-order chi connectivity index (χ0) is 22.5. The van der Waals surface area contributed by atoms with Crippen molar-refractivity contribution in [3.8, 4) is 11.5 Å². The highest BCUT2D eigenvalue weighted by Gasteiger charge is 2.16. The number of aryl methyl sites for hydroxylation is 1. The first kappa shape index (κ1) is 21.7. The van der Waals surface area contributed by atoms with Crippen molar-refractivity contribution in [1.29, 1.82) is 0 Å². The van der Waals surface area contributed by atoms with Crippen molar-refractivity contribution in [1.82, 2.24) is 10.3 Å². The van der Waals surface area contributed by atoms with Gasteiger partial charge in [-0.15, -0.1) is 0 Å². The zero-order valence-electron chi connectivity index (χ0n) is 17.9. The maximum Gasteiger partial charge on any atom is 0.251 e. The van der Waals surface area contributed by atoms with Gasteiger partial charge in [-0.05, 0) is 55.8 Å². The predicted molar refractivity (Wildman–Crippen MR) is 126 cm³/mol. The van der Waals surface area contributed by atoms with E-state index < -0.39 is 10.8 Å². The maximum atomic E-state index is 12.6. The van der Waals surface area contributed by atoms with Crippen LogP contribution < -0.4 is 5.32 Å². The molecule has 1 heterocycles. The molecule has 32 heavy (non-hydrogen) atoms. The van der Waals surface area contributed by atoms with Crippen LogP contribution in [0.2, 0.25) is 0 Å². The van der Waals surface area contributed by atoms with E-state index in [-0.39, 0.29) is 17.7 Å². The summed E-state index contributed by atoms with van der Waals surface area (Å²) >= 11 is 0. The van der Waals surface area contributed by atoms with E-state index in [4.69, 9.17) is 4.42 Å². The fourth-order valence-corrected chi connectivity index (χ4v) is 4.48. The zero-order valence-corrected chi connectivity index (χ0v) is 18.8. The van der Waals surface area contributed by atoms with Crippen LogP contribution in [0.25, 0.3) is 11.5 Å². The average Bonchev–Trinajstić information content (AvgIpc) is 3.20. The lowest BCUT2D eigenvalue weighted by atomic mass is 10.1. The molecule has 6 heteroatoms. The number of amides is 1. The standard InChI is InChI=1S/C26H24N2O3S/c1-18(20-9-5-3-6-10-20)27-25(29)21-13-15-22(16-14-21)26-28-24(19(2)31-26)17-32(30)23-11-7-4-8-12-23/h3-16,18H,17H2,1-2H3,(H,27,29)/t18-,32+/m0/s1. The van der Waals surface area contributed by atoms with Crippen LogP contribution in [0.1, 0.15) is 40.3 Å². The van der Waals surface area contributed by atoms with Crippen LogP contribution in [0.4, 0.5) is 0 Å². The second kappa shape index (κ2) is 9.75. The molecule has 0 aliphatic rings. The summed E-state index contributed by atoms with van der Waals surface area (Å²) in [6.07, 6.45) is 0. The second-order valence-corrected chi connectivity index (χ2v) is 8.96. The minimum atomic E-state index is -1.19. The van der Waals surface area contributed by atoms with Crippen molar-refractivity contribution < 1.29 is 13.4 Å². The molecule has 1 amide bonds. The molecule has 162 valence electrons. The van der Waals surface area contributed by atoms with Gasteiger partial charge in [0.25, 0.3) is 5.91 Å². The summed E-state index contributed by atoms with van der Waals surface area (Å²) in [6, 6.07) is 26.2. The molecule has 0 unspecified atom stereocenters. The number of hydrogen-bond acceptors (Lipinski definition) is 4. The van der Waals surface area contributed by atoms with Gasteiger partial charge in [0.1, 0.15) is 5.76 Å². The number of nitrogens with zero attached hydrogens (tertiary/aromatic N) is 1. The van der Waals surface area contributed by atoms with Crippen LogP contribution in [-0.4, -0.2) is 15.1 Å². The maximum absolute atomic E-state index is 12.6. The van der Waals surface area contributed by atoms with Crippen LogP contribution in [0.5, 0.6) is 0 Å². The fourth-order valence-electron chi connectivity index (χ4n) is 3.33. The number of oxazole rings is 1. The SMILES string of the molecule is Cc1oc(-c2ccc(C(=O)N[C@@H](C)c3ccccc3)cc2)nc1C[S@@](=O)c1ccccc1. The Hall–Kier alpha value is -3.51. The van der Waals surface area contributed by atoms with Gasteiger partial charge >= 0.3 is 0 Å². The molecule has 0 saturated heterocycles. The van der Waals surface area contributed by atoms with Gasteiger partial charge in [-0.3, -0.25) is 9.00 Å². The lowest BCUT2D eigenvalue weighted by Gasteiger charge is -2.14. The van der Waals surface area contributed by atoms with Gasteiger partial charge in [0, 0.05) is 16.0 Å². The fraction of sp³-hybridized carbons (Fsp3) is 0.154. The highest BCUT2D eigenvalue weighted by Crippen LogP contribution is 2.24. The van der Waals surface area contributed by atoms with E-state index in [1.165, 1.54) is 0 Å². The molecule has 1 N–H and O–H groups in total. The number of carbonyl (C=O) groups excluding carboxylic acids is 1. The van der Waals surface area contributed by atoms with Gasteiger partial charge in [0.2, 0.25) is 5.89 Å². The van der Waals surface area contributed by atoms with Gasteiger partial charge < -0.3 is 9.73 Å². The molecule has 0 fully saturated rings. The summed E-state index contributed by atoms with van der Waals surface area (Å²) in [7, 11) is -1.19. The smallest absolute Gasteiger partial charge is 0.251 e. The summed E-state index contributed by atoms with van der Waals surface area (Å²) in [4.78, 5) is 17.9. The number of benzene rings is 3. The Morgan fingerprint density at radius 3 is 2.25 bits per heavy atom. The molecular weight excluding hydrogens is 420 g/mol. The van der Waals surface area contributed by atoms with E-state index in [0.717, 1.165) is 16.0 Å². The third-order valence-corrected chi connectivity index (χ3v) is 6.54. The molecular formula is C26H24N2O3S. The molecule has 1 aromatic heterocycles. The van der Waals surface area contributed by atoms with E-state index in [1.54, 1.807) is 12.1 Å². The molecule has 5 nitrogen and oxygen atoms in total. The summed E-state index contributed by atoms with van der Waals surface area (Å²) < 4.78 is 18.4. The van der Waals surface area contributed by atoms with Crippen molar-refractivity contribution >= 4 is 16.7 Å². The van der Waals surface area contributed by atoms with Gasteiger partial charge in [0.05, 0.1) is 28.3 Å². The Labute approximate surface area is 190 Å². The molecule has 0 radical (unpaired) electrons. The number of carbonyl (C=O) groups is 1. The van der Waals surface area contributed by atoms with Gasteiger partial charge in [0.15, 0.2) is 0 Å². The second-order valence-electron chi connectivity index (χ2n) is 7.51. The van der Waals surface area contributed by atoms with Crippen LogP contribution >= 0.6 is 0 Å². The van der Waals surface area contributed by atoms with Crippen molar-refractivity contribution in [2.45, 2.75) is 30.5 Å². The first-order valence-corrected chi connectivity index (χ1v) is 11.7. The lowest BCUT2D eigenvalue weighted by Crippen LogP contribution is -2.26. The van der Waals surface area contributed by atoms with Gasteiger partial charge in [-0.25, -0.2) is 4.98 Å². The summed E-state index contributed by atoms with van der Waals surface area (Å²) in [5.74, 6) is 1.24. The topological polar surface area (TPSA) is 72.2 Å². The molecule has 4 rings (SSSR count). The van der Waals surface area contributed by atoms with E-state index in [9.17, 15) is 9.00 Å². The van der Waals surface area contributed by atoms with Crippen LogP contribution in [0.3, 0.4) is 0 Å². The van der Waals surface area contributed by atoms with Crippen molar-refractivity contribution in [2.75, 3.05) is 0 Å². The van der Waals surface area contributed by atoms with Gasteiger partial charge in [-0.2, -0.15) is 0 Å². The predicted octanol–water partition coefficient (Wildman–Crippen LogP) is 5.45. The minimum absolute atomic E-state index is 0.0918. The number of aromatic nitrogens is 1. The molecule has 0 bridgehead atoms. The van der Waals surface area contributed by atoms with E-state index in [1.807, 2.05) is 86.6 Å². The highest BCUT2D eigenvalue weighted by molar-refractivity contribution is 7.84. The van der Waals surface area contributed by atoms with E-state index in [0.29, 0.717) is 22.9 Å². The monoisotopic (exact) mass is 444 g/mol. The number of nitrogens with one attached hydrogen (secondary N) is 1. The molecule has 0 saturated carbocycles. The summed E-state index contributed by atoms with van der Waals surface area (Å²) in [5.41, 5.74) is 3.04. The van der Waals surface area contributed by atoms with Crippen LogP contribution in [0.15, 0.2) is 94.2 Å². The lowest BCUT2D eigenvalue weighted by molar-refractivity contribution is 0.0940. The van der Waals surface area contributed by atoms with Crippen LogP contribution in [-0.2, 0) is 16.6 Å². The summed E-state index contributed by atoms with van der Waals surface area (Å²) in [5, 5.41) is 3.01. The molecule has 0 aliphatic heterocycles. The molecule has 2 atom stereocenters. The van der Waals surface area contributed by atoms with Crippen molar-refractivity contribution in [2.24, 2.45) is 0 Å². The van der Waals surface area contributed by atoms with Crippen LogP contribution in [0, 0.1) is 6.92 Å². The first-order valence-electron chi connectivity index (χ1n) is 10.4.